The zero-order chi connectivity index (χ0) is 32.7. The number of thiophene rings is 1. The van der Waals surface area contributed by atoms with Crippen LogP contribution >= 0.6 is 11.3 Å². The molecule has 45 heavy (non-hydrogen) atoms. The second-order valence-corrected chi connectivity index (χ2v) is 12.7. The Morgan fingerprint density at radius 2 is 1.80 bits per heavy atom. The maximum absolute atomic E-state index is 14.2. The maximum atomic E-state index is 14.2. The summed E-state index contributed by atoms with van der Waals surface area (Å²) in [5, 5.41) is 4.70. The van der Waals surface area contributed by atoms with Gasteiger partial charge in [0, 0.05) is 47.1 Å². The number of amides is 2. The first kappa shape index (κ1) is 33.2. The summed E-state index contributed by atoms with van der Waals surface area (Å²) in [5.74, 6) is 0.239. The summed E-state index contributed by atoms with van der Waals surface area (Å²) >= 11 is 1.50. The third kappa shape index (κ3) is 6.83. The van der Waals surface area contributed by atoms with Crippen LogP contribution in [0, 0.1) is 5.92 Å². The number of carbonyl (C=O) groups excluding carboxylic acids is 2. The van der Waals surface area contributed by atoms with Crippen LogP contribution in [-0.2, 0) is 11.4 Å². The first-order valence-corrected chi connectivity index (χ1v) is 15.7. The Kier molecular flexibility index (Phi) is 9.50. The molecule has 0 spiro atoms. The van der Waals surface area contributed by atoms with Crippen molar-refractivity contribution in [3.63, 3.8) is 0 Å². The van der Waals surface area contributed by atoms with Crippen LogP contribution in [0.2, 0.25) is 0 Å². The van der Waals surface area contributed by atoms with Gasteiger partial charge in [0.2, 0.25) is 5.91 Å². The number of nitrogens with zero attached hydrogens (tertiary/aromatic N) is 4. The van der Waals surface area contributed by atoms with Gasteiger partial charge in [-0.3, -0.25) is 9.59 Å². The number of benzene rings is 1. The number of fused-ring (bicyclic) bond motifs is 3. The maximum Gasteiger partial charge on any atom is 0.273 e. The van der Waals surface area contributed by atoms with Crippen molar-refractivity contribution >= 4 is 76.3 Å². The Bertz CT molecular complexity index is 1610. The second kappa shape index (κ2) is 12.9. The highest BCUT2D eigenvalue weighted by atomic mass is 32.1. The lowest BCUT2D eigenvalue weighted by atomic mass is 9.48. The van der Waals surface area contributed by atoms with E-state index in [0.29, 0.717) is 22.8 Å². The van der Waals surface area contributed by atoms with Crippen molar-refractivity contribution in [3.05, 3.63) is 51.4 Å². The van der Waals surface area contributed by atoms with Crippen molar-refractivity contribution < 1.29 is 19.1 Å². The van der Waals surface area contributed by atoms with Gasteiger partial charge in [-0.2, -0.15) is 16.4 Å². The van der Waals surface area contributed by atoms with E-state index in [9.17, 15) is 9.59 Å². The predicted molar refractivity (Wildman–Crippen MR) is 182 cm³/mol. The summed E-state index contributed by atoms with van der Waals surface area (Å²) < 4.78 is 13.5. The molecule has 0 unspecified atom stereocenters. The minimum atomic E-state index is -2.05. The van der Waals surface area contributed by atoms with Gasteiger partial charge in [0.15, 0.2) is 5.69 Å². The van der Waals surface area contributed by atoms with Gasteiger partial charge in [-0.05, 0) is 50.6 Å². The average molecular weight is 608 g/mol. The Labute approximate surface area is 276 Å². The molecular weight excluding hydrogens is 577 g/mol. The molecule has 5 rings (SSSR count). The lowest BCUT2D eigenvalue weighted by Crippen LogP contribution is -2.58. The molecule has 15 heteroatoms. The van der Waals surface area contributed by atoms with Crippen molar-refractivity contribution in [2.45, 2.75) is 56.6 Å². The second-order valence-electron chi connectivity index (χ2n) is 11.9. The molecule has 1 saturated carbocycles. The van der Waals surface area contributed by atoms with E-state index < -0.39 is 16.4 Å². The van der Waals surface area contributed by atoms with Crippen molar-refractivity contribution in [1.82, 2.24) is 19.6 Å². The van der Waals surface area contributed by atoms with E-state index in [4.69, 9.17) is 61.7 Å². The molecule has 2 aromatic heterocycles. The fraction of sp³-hybridized carbons (Fsp3) is 0.433. The summed E-state index contributed by atoms with van der Waals surface area (Å²) in [4.78, 5) is 29.5. The zero-order valence-corrected chi connectivity index (χ0v) is 26.6. The summed E-state index contributed by atoms with van der Waals surface area (Å²) in [6.07, 6.45) is 4.66. The Morgan fingerprint density at radius 1 is 1.11 bits per heavy atom. The molecule has 0 bridgehead atoms. The van der Waals surface area contributed by atoms with E-state index in [1.807, 2.05) is 48.9 Å². The molecule has 0 N–H and O–H groups in total. The lowest BCUT2D eigenvalue weighted by Gasteiger charge is -2.43. The molecule has 2 aliphatic rings. The van der Waals surface area contributed by atoms with E-state index in [2.05, 4.69) is 0 Å². The smallest absolute Gasteiger partial charge is 0.273 e. The topological polar surface area (TPSA) is 76.9 Å². The lowest BCUT2D eigenvalue weighted by molar-refractivity contribution is -0.138. The first-order valence-electron chi connectivity index (χ1n) is 14.7. The normalized spacial score (nSPS) is 14.4. The van der Waals surface area contributed by atoms with E-state index >= 15 is 0 Å². The van der Waals surface area contributed by atoms with Crippen molar-refractivity contribution in [2.24, 2.45) is 5.92 Å². The van der Waals surface area contributed by atoms with Gasteiger partial charge in [-0.25, -0.2) is 4.68 Å². The van der Waals surface area contributed by atoms with Crippen LogP contribution in [-0.4, -0.2) is 109 Å². The Hall–Kier alpha value is -3.20. The van der Waals surface area contributed by atoms with Crippen molar-refractivity contribution in [1.29, 1.82) is 0 Å². The summed E-state index contributed by atoms with van der Waals surface area (Å²) in [6.45, 7) is 4.08. The number of methoxy groups -OCH3 is 1. The number of allylic oxidation sites excluding steroid dienone is 1. The molecule has 1 aromatic carbocycles. The SMILES string of the molecule is [B]C([B])([B])N(CCCN(C(=O)C1CCC1)C([B])([B])[B])C(=O)c1nn(-c2ccsc2)c2c1COc1cc(OC)c(C=C(C)C)cc1-2. The molecule has 218 valence electrons. The van der Waals surface area contributed by atoms with E-state index in [0.717, 1.165) is 46.5 Å². The van der Waals surface area contributed by atoms with Gasteiger partial charge < -0.3 is 19.3 Å². The van der Waals surface area contributed by atoms with Gasteiger partial charge in [0.25, 0.3) is 5.91 Å². The number of hydrogen-bond donors (Lipinski definition) is 0. The Balaban J connectivity index is 1.51. The molecular formula is C30H30B6N4O4S. The minimum Gasteiger partial charge on any atom is -0.496 e. The molecule has 3 heterocycles. The number of hydrogen-bond acceptors (Lipinski definition) is 6. The molecule has 0 saturated heterocycles. The number of rotatable bonds is 11. The summed E-state index contributed by atoms with van der Waals surface area (Å²) in [5.41, 5.74) is 4.76. The minimum absolute atomic E-state index is 0.0354. The number of carbonyl (C=O) groups is 2. The van der Waals surface area contributed by atoms with Gasteiger partial charge in [-0.1, -0.05) is 28.5 Å². The standard InChI is InChI=1S/C30H30B6N4O4S/c1-17(2)12-19-13-21-24(14-23(19)43-3)44-15-22-25(37-40(26(21)22)20-8-11-45-16-20)28(42)39(30(34,35)36)10-5-9-38(29(31,32)33)27(41)18-6-4-7-18/h8,11-14,16,18H,4-7,9-10,15H2,1-3H3. The monoisotopic (exact) mass is 608 g/mol. The summed E-state index contributed by atoms with van der Waals surface area (Å²) in [6, 6.07) is 5.70. The van der Waals surface area contributed by atoms with E-state index in [1.54, 1.807) is 11.8 Å². The van der Waals surface area contributed by atoms with Crippen molar-refractivity contribution in [2.75, 3.05) is 20.2 Å². The molecule has 12 radical (unpaired) electrons. The van der Waals surface area contributed by atoms with Gasteiger partial charge in [-0.15, -0.1) is 0 Å². The number of aromatic nitrogens is 2. The van der Waals surface area contributed by atoms with Gasteiger partial charge >= 0.3 is 0 Å². The van der Waals surface area contributed by atoms with Crippen molar-refractivity contribution in [3.8, 4) is 28.4 Å². The largest absolute Gasteiger partial charge is 0.496 e. The quantitative estimate of drug-likeness (QED) is 0.314. The van der Waals surface area contributed by atoms with Crippen LogP contribution in [0.5, 0.6) is 11.5 Å². The van der Waals surface area contributed by atoms with Crippen LogP contribution in [0.15, 0.2) is 34.5 Å². The highest BCUT2D eigenvalue weighted by molar-refractivity contribution is 7.08. The van der Waals surface area contributed by atoms with Crippen LogP contribution in [0.1, 0.15) is 61.1 Å². The van der Waals surface area contributed by atoms with E-state index in [-0.39, 0.29) is 43.6 Å². The van der Waals surface area contributed by atoms with Crippen LogP contribution in [0.3, 0.4) is 0 Å². The molecule has 8 nitrogen and oxygen atoms in total. The molecule has 1 aliphatic carbocycles. The Morgan fingerprint density at radius 3 is 2.36 bits per heavy atom. The fourth-order valence-corrected chi connectivity index (χ4v) is 6.20. The average Bonchev–Trinajstić information content (AvgIpc) is 3.58. The third-order valence-corrected chi connectivity index (χ3v) is 8.67. The molecule has 0 atom stereocenters. The van der Waals surface area contributed by atoms with E-state index in [1.165, 1.54) is 16.2 Å². The highest BCUT2D eigenvalue weighted by Crippen LogP contribution is 2.44. The molecule has 2 amide bonds. The summed E-state index contributed by atoms with van der Waals surface area (Å²) in [7, 11) is 37.8. The van der Waals surface area contributed by atoms with Gasteiger partial charge in [0.05, 0.1) is 65.6 Å². The third-order valence-electron chi connectivity index (χ3n) is 8.00. The highest BCUT2D eigenvalue weighted by Gasteiger charge is 2.37. The van der Waals surface area contributed by atoms with Crippen LogP contribution in [0.25, 0.3) is 23.0 Å². The van der Waals surface area contributed by atoms with Crippen LogP contribution in [0.4, 0.5) is 0 Å². The van der Waals surface area contributed by atoms with Crippen LogP contribution < -0.4 is 9.47 Å². The molecule has 1 fully saturated rings. The zero-order valence-electron chi connectivity index (χ0n) is 25.8. The molecule has 1 aliphatic heterocycles. The number of ether oxygens (including phenoxy) is 2. The first-order chi connectivity index (χ1) is 21.2. The van der Waals surface area contributed by atoms with Gasteiger partial charge in [0.1, 0.15) is 18.1 Å². The fourth-order valence-electron chi connectivity index (χ4n) is 5.59. The molecule has 3 aromatic rings. The predicted octanol–water partition coefficient (Wildman–Crippen LogP) is 2.62.